The Morgan fingerprint density at radius 2 is 1.50 bits per heavy atom. The van der Waals surface area contributed by atoms with Crippen molar-refractivity contribution in [3.8, 4) is 0 Å². The molecule has 0 fully saturated rings. The number of hydrogen-bond acceptors (Lipinski definition) is 7. The van der Waals surface area contributed by atoms with Crippen molar-refractivity contribution >= 4 is 35.6 Å². The summed E-state index contributed by atoms with van der Waals surface area (Å²) in [4.78, 5) is 67.6. The largest absolute Gasteiger partial charge is 0.481 e. The molecule has 0 saturated heterocycles. The summed E-state index contributed by atoms with van der Waals surface area (Å²) in [6.07, 6.45) is -1.23. The number of carbonyl (C=O) groups is 6. The van der Waals surface area contributed by atoms with Gasteiger partial charge >= 0.3 is 17.9 Å². The molecule has 0 aromatic carbocycles. The third-order valence-electron chi connectivity index (χ3n) is 3.48. The molecule has 0 aliphatic carbocycles. The fraction of sp³-hybridized carbons (Fsp3) is 0.600. The van der Waals surface area contributed by atoms with Gasteiger partial charge in [0.15, 0.2) is 0 Å². The number of nitrogens with two attached hydrogens (primary N) is 1. The van der Waals surface area contributed by atoms with E-state index < -0.39 is 66.7 Å². The molecule has 3 unspecified atom stereocenters. The lowest BCUT2D eigenvalue weighted by molar-refractivity contribution is -0.143. The Hall–Kier alpha value is -3.22. The van der Waals surface area contributed by atoms with Crippen molar-refractivity contribution in [3.63, 3.8) is 0 Å². The maximum atomic E-state index is 11.9. The van der Waals surface area contributed by atoms with E-state index in [2.05, 4.69) is 10.6 Å². The Morgan fingerprint density at radius 1 is 0.893 bits per heavy atom. The number of hydrogen-bond donors (Lipinski definition) is 7. The van der Waals surface area contributed by atoms with Crippen LogP contribution in [0.1, 0.15) is 32.6 Å². The first-order valence-electron chi connectivity index (χ1n) is 8.27. The van der Waals surface area contributed by atoms with E-state index in [0.29, 0.717) is 0 Å². The van der Waals surface area contributed by atoms with Gasteiger partial charge in [0.05, 0.1) is 12.5 Å². The minimum atomic E-state index is -1.49. The van der Waals surface area contributed by atoms with Gasteiger partial charge in [-0.2, -0.15) is 0 Å². The Labute approximate surface area is 159 Å². The van der Waals surface area contributed by atoms with Crippen molar-refractivity contribution in [3.05, 3.63) is 0 Å². The molecule has 0 bridgehead atoms. The molecule has 0 aromatic heterocycles. The van der Waals surface area contributed by atoms with Gasteiger partial charge in [0.1, 0.15) is 18.6 Å². The fourth-order valence-electron chi connectivity index (χ4n) is 2.00. The smallest absolute Gasteiger partial charge is 0.326 e. The monoisotopic (exact) mass is 404 g/mol. The number of aliphatic carboxylic acids is 3. The molecule has 0 saturated carbocycles. The minimum Gasteiger partial charge on any atom is -0.481 e. The summed E-state index contributed by atoms with van der Waals surface area (Å²) in [6, 6.07) is -3.94. The number of rotatable bonds is 13. The molecule has 13 heteroatoms. The van der Waals surface area contributed by atoms with Gasteiger partial charge in [-0.25, -0.2) is 4.79 Å². The van der Waals surface area contributed by atoms with Gasteiger partial charge in [-0.05, 0) is 12.8 Å². The lowest BCUT2D eigenvalue weighted by Gasteiger charge is -2.19. The molecule has 0 rings (SSSR count). The lowest BCUT2D eigenvalue weighted by Crippen LogP contribution is -2.50. The lowest BCUT2D eigenvalue weighted by atomic mass is 10.1. The molecular formula is C15H24N4O9. The molecule has 0 aliphatic rings. The van der Waals surface area contributed by atoms with E-state index in [1.165, 1.54) is 0 Å². The molecule has 13 nitrogen and oxygen atoms in total. The molecule has 0 heterocycles. The highest BCUT2D eigenvalue weighted by Crippen LogP contribution is 2.02. The number of carbonyl (C=O) groups excluding carboxylic acids is 3. The van der Waals surface area contributed by atoms with Crippen molar-refractivity contribution in [1.29, 1.82) is 0 Å². The van der Waals surface area contributed by atoms with Crippen LogP contribution < -0.4 is 21.7 Å². The Kier molecular flexibility index (Phi) is 10.8. The maximum absolute atomic E-state index is 11.9. The van der Waals surface area contributed by atoms with Crippen LogP contribution in [0.25, 0.3) is 0 Å². The van der Waals surface area contributed by atoms with E-state index in [1.54, 1.807) is 6.92 Å². The summed E-state index contributed by atoms with van der Waals surface area (Å²) in [5, 5.41) is 32.7. The summed E-state index contributed by atoms with van der Waals surface area (Å²) in [5.74, 6) is -6.42. The van der Waals surface area contributed by atoms with Crippen LogP contribution in [0.4, 0.5) is 0 Å². The van der Waals surface area contributed by atoms with Crippen molar-refractivity contribution in [1.82, 2.24) is 16.0 Å². The summed E-state index contributed by atoms with van der Waals surface area (Å²) < 4.78 is 0. The predicted molar refractivity (Wildman–Crippen MR) is 91.9 cm³/mol. The summed E-state index contributed by atoms with van der Waals surface area (Å²) in [7, 11) is 0. The minimum absolute atomic E-state index is 0.167. The number of nitrogens with one attached hydrogen (secondary N) is 3. The Balaban J connectivity index is 4.65. The zero-order chi connectivity index (χ0) is 21.9. The van der Waals surface area contributed by atoms with Crippen molar-refractivity contribution < 1.29 is 44.1 Å². The van der Waals surface area contributed by atoms with Gasteiger partial charge in [-0.3, -0.25) is 24.0 Å². The van der Waals surface area contributed by atoms with E-state index in [-0.39, 0.29) is 19.3 Å². The highest BCUT2D eigenvalue weighted by molar-refractivity contribution is 5.91. The summed E-state index contributed by atoms with van der Waals surface area (Å²) in [6.45, 7) is 0.963. The molecule has 28 heavy (non-hydrogen) atoms. The molecule has 0 aliphatic heterocycles. The normalized spacial score (nSPS) is 13.5. The van der Waals surface area contributed by atoms with Gasteiger partial charge in [0.2, 0.25) is 17.7 Å². The van der Waals surface area contributed by atoms with Gasteiger partial charge < -0.3 is 37.0 Å². The molecule has 3 atom stereocenters. The van der Waals surface area contributed by atoms with Crippen LogP contribution in [-0.2, 0) is 28.8 Å². The van der Waals surface area contributed by atoms with Crippen LogP contribution in [0.15, 0.2) is 0 Å². The van der Waals surface area contributed by atoms with Crippen molar-refractivity contribution in [2.24, 2.45) is 5.73 Å². The molecule has 8 N–H and O–H groups in total. The SMILES string of the molecule is CCC(NC(=O)CCC(NC(=O)C(N)CC(=O)O)C(=O)O)C(=O)NCC(=O)O. The highest BCUT2D eigenvalue weighted by Gasteiger charge is 2.26. The first-order valence-corrected chi connectivity index (χ1v) is 8.27. The summed E-state index contributed by atoms with van der Waals surface area (Å²) >= 11 is 0. The average Bonchev–Trinajstić information content (AvgIpc) is 2.59. The second-order valence-electron chi connectivity index (χ2n) is 5.78. The van der Waals surface area contributed by atoms with Gasteiger partial charge in [0.25, 0.3) is 0 Å². The second kappa shape index (κ2) is 12.2. The van der Waals surface area contributed by atoms with Gasteiger partial charge in [-0.1, -0.05) is 6.92 Å². The Morgan fingerprint density at radius 3 is 1.96 bits per heavy atom. The van der Waals surface area contributed by atoms with Crippen LogP contribution in [0, 0.1) is 0 Å². The van der Waals surface area contributed by atoms with Crippen LogP contribution in [0.3, 0.4) is 0 Å². The Bertz CT molecular complexity index is 623. The number of carboxylic acids is 3. The third kappa shape index (κ3) is 10.1. The number of amides is 3. The van der Waals surface area contributed by atoms with Crippen molar-refractivity contribution in [2.45, 2.75) is 50.7 Å². The summed E-state index contributed by atoms with van der Waals surface area (Å²) in [5.41, 5.74) is 5.34. The van der Waals surface area contributed by atoms with Crippen LogP contribution >= 0.6 is 0 Å². The molecule has 158 valence electrons. The topological polar surface area (TPSA) is 225 Å². The van der Waals surface area contributed by atoms with Crippen LogP contribution in [0.5, 0.6) is 0 Å². The zero-order valence-electron chi connectivity index (χ0n) is 15.1. The third-order valence-corrected chi connectivity index (χ3v) is 3.48. The van der Waals surface area contributed by atoms with Crippen LogP contribution in [-0.4, -0.2) is 75.6 Å². The first kappa shape index (κ1) is 24.8. The molecule has 0 radical (unpaired) electrons. The maximum Gasteiger partial charge on any atom is 0.326 e. The van der Waals surface area contributed by atoms with E-state index in [4.69, 9.17) is 21.1 Å². The number of carboxylic acid groups (broad SMARTS) is 3. The van der Waals surface area contributed by atoms with E-state index in [0.717, 1.165) is 0 Å². The zero-order valence-corrected chi connectivity index (χ0v) is 15.1. The standard InChI is InChI=1S/C15H24N4O9/c1-2-8(14(26)17-6-12(23)24)18-10(20)4-3-9(15(27)28)19-13(25)7(16)5-11(21)22/h7-9H,2-6,16H2,1H3,(H,17,26)(H,18,20)(H,19,25)(H,21,22)(H,23,24)(H,27,28). The van der Waals surface area contributed by atoms with Gasteiger partial charge in [0, 0.05) is 6.42 Å². The average molecular weight is 404 g/mol. The molecular weight excluding hydrogens is 380 g/mol. The molecule has 0 aromatic rings. The fourth-order valence-corrected chi connectivity index (χ4v) is 2.00. The predicted octanol–water partition coefficient (Wildman–Crippen LogP) is -2.77. The van der Waals surface area contributed by atoms with Crippen LogP contribution in [0.2, 0.25) is 0 Å². The van der Waals surface area contributed by atoms with Gasteiger partial charge in [-0.15, -0.1) is 0 Å². The molecule has 0 spiro atoms. The second-order valence-corrected chi connectivity index (χ2v) is 5.78. The molecule has 3 amide bonds. The van der Waals surface area contributed by atoms with Crippen molar-refractivity contribution in [2.75, 3.05) is 6.54 Å². The quantitative estimate of drug-likeness (QED) is 0.167. The first-order chi connectivity index (χ1) is 13.0. The van der Waals surface area contributed by atoms with E-state index >= 15 is 0 Å². The van der Waals surface area contributed by atoms with E-state index in [9.17, 15) is 28.8 Å². The van der Waals surface area contributed by atoms with E-state index in [1.807, 2.05) is 5.32 Å². The highest BCUT2D eigenvalue weighted by atomic mass is 16.4.